The summed E-state index contributed by atoms with van der Waals surface area (Å²) in [7, 11) is 1.82. The van der Waals surface area contributed by atoms with Gasteiger partial charge in [-0.25, -0.2) is 4.98 Å². The molecule has 0 atom stereocenters. The van der Waals surface area contributed by atoms with Crippen LogP contribution in [0.1, 0.15) is 44.1 Å². The molecule has 1 rings (SSSR count). The lowest BCUT2D eigenvalue weighted by Crippen LogP contribution is -2.28. The molecule has 1 aromatic heterocycles. The van der Waals surface area contributed by atoms with E-state index in [0.717, 1.165) is 25.1 Å². The number of carbonyl (C=O) groups excluding carboxylic acids is 1. The minimum atomic E-state index is -0.0143. The van der Waals surface area contributed by atoms with Gasteiger partial charge in [-0.05, 0) is 32.4 Å². The van der Waals surface area contributed by atoms with Crippen LogP contribution >= 0.6 is 0 Å². The average molecular weight is 249 g/mol. The smallest absolute Gasteiger partial charge is 0.272 e. The Labute approximate surface area is 109 Å². The van der Waals surface area contributed by atoms with E-state index in [1.54, 1.807) is 17.2 Å². The van der Waals surface area contributed by atoms with Crippen LogP contribution in [-0.4, -0.2) is 35.4 Å². The lowest BCUT2D eigenvalue weighted by Gasteiger charge is -2.16. The van der Waals surface area contributed by atoms with Crippen molar-refractivity contribution in [1.29, 1.82) is 0 Å². The van der Waals surface area contributed by atoms with E-state index in [1.807, 2.05) is 13.1 Å². The number of rotatable bonds is 6. The third kappa shape index (κ3) is 4.35. The number of anilines is 1. The molecule has 1 heterocycles. The number of amides is 1. The second-order valence-electron chi connectivity index (χ2n) is 4.81. The molecule has 0 saturated heterocycles. The van der Waals surface area contributed by atoms with Gasteiger partial charge in [-0.15, -0.1) is 0 Å². The van der Waals surface area contributed by atoms with Crippen LogP contribution in [0.25, 0.3) is 0 Å². The number of nitrogens with one attached hydrogen (secondary N) is 1. The van der Waals surface area contributed by atoms with E-state index < -0.39 is 0 Å². The number of hydrogen-bond donors (Lipinski definition) is 1. The summed E-state index contributed by atoms with van der Waals surface area (Å²) in [5.41, 5.74) is 1.45. The van der Waals surface area contributed by atoms with Gasteiger partial charge in [0, 0.05) is 19.6 Å². The Hall–Kier alpha value is -1.58. The number of pyridine rings is 1. The topological polar surface area (TPSA) is 45.2 Å². The van der Waals surface area contributed by atoms with Crippen molar-refractivity contribution in [1.82, 2.24) is 9.88 Å². The summed E-state index contributed by atoms with van der Waals surface area (Å²) in [6.07, 6.45) is 3.82. The Morgan fingerprint density at radius 2 is 2.17 bits per heavy atom. The summed E-state index contributed by atoms with van der Waals surface area (Å²) in [5, 5.41) is 3.25. The fraction of sp³-hybridized carbons (Fsp3) is 0.571. The second kappa shape index (κ2) is 6.99. The highest BCUT2D eigenvalue weighted by Gasteiger charge is 2.12. The van der Waals surface area contributed by atoms with Crippen LogP contribution < -0.4 is 5.32 Å². The number of aromatic nitrogens is 1. The Morgan fingerprint density at radius 1 is 1.44 bits per heavy atom. The molecule has 18 heavy (non-hydrogen) atoms. The number of hydrogen-bond acceptors (Lipinski definition) is 3. The Bertz CT molecular complexity index is 373. The summed E-state index contributed by atoms with van der Waals surface area (Å²) in [6, 6.07) is 4.03. The van der Waals surface area contributed by atoms with E-state index in [1.165, 1.54) is 0 Å². The van der Waals surface area contributed by atoms with Crippen molar-refractivity contribution < 1.29 is 4.79 Å². The van der Waals surface area contributed by atoms with Crippen molar-refractivity contribution in [2.45, 2.75) is 39.7 Å². The molecular formula is C14H23N3O. The molecule has 0 unspecified atom stereocenters. The maximum absolute atomic E-state index is 12.0. The lowest BCUT2D eigenvalue weighted by atomic mass is 10.2. The van der Waals surface area contributed by atoms with Gasteiger partial charge in [0.25, 0.3) is 5.91 Å². The highest BCUT2D eigenvalue weighted by molar-refractivity contribution is 5.92. The Kier molecular flexibility index (Phi) is 5.62. The molecule has 4 nitrogen and oxygen atoms in total. The molecule has 0 spiro atoms. The molecule has 0 aliphatic heterocycles. The van der Waals surface area contributed by atoms with E-state index in [-0.39, 0.29) is 5.91 Å². The maximum Gasteiger partial charge on any atom is 0.272 e. The first-order valence-electron chi connectivity index (χ1n) is 6.52. The van der Waals surface area contributed by atoms with Crippen molar-refractivity contribution in [3.05, 3.63) is 24.0 Å². The highest BCUT2D eigenvalue weighted by atomic mass is 16.2. The molecule has 1 aromatic rings. The third-order valence-corrected chi connectivity index (χ3v) is 2.63. The molecule has 0 bridgehead atoms. The standard InChI is InChI=1S/C14H23N3O/c1-5-6-9-17(4)14(18)13-8-7-12(10-15-13)16-11(2)3/h7-8,10-11,16H,5-6,9H2,1-4H3. The van der Waals surface area contributed by atoms with Crippen LogP contribution in [0, 0.1) is 0 Å². The van der Waals surface area contributed by atoms with Crippen molar-refractivity contribution >= 4 is 11.6 Å². The first kappa shape index (κ1) is 14.5. The summed E-state index contributed by atoms with van der Waals surface area (Å²) >= 11 is 0. The zero-order chi connectivity index (χ0) is 13.5. The van der Waals surface area contributed by atoms with Crippen LogP contribution in [0.4, 0.5) is 5.69 Å². The number of nitrogens with zero attached hydrogens (tertiary/aromatic N) is 2. The molecule has 100 valence electrons. The highest BCUT2D eigenvalue weighted by Crippen LogP contribution is 2.09. The van der Waals surface area contributed by atoms with Crippen LogP contribution in [0.5, 0.6) is 0 Å². The van der Waals surface area contributed by atoms with Crippen LogP contribution in [0.15, 0.2) is 18.3 Å². The van der Waals surface area contributed by atoms with Gasteiger partial charge in [0.2, 0.25) is 0 Å². The van der Waals surface area contributed by atoms with Gasteiger partial charge >= 0.3 is 0 Å². The van der Waals surface area contributed by atoms with E-state index in [2.05, 4.69) is 31.1 Å². The normalized spacial score (nSPS) is 10.5. The summed E-state index contributed by atoms with van der Waals surface area (Å²) in [5.74, 6) is -0.0143. The van der Waals surface area contributed by atoms with E-state index in [4.69, 9.17) is 0 Å². The molecule has 0 fully saturated rings. The predicted molar refractivity (Wildman–Crippen MR) is 74.9 cm³/mol. The molecule has 4 heteroatoms. The molecule has 0 aromatic carbocycles. The number of carbonyl (C=O) groups is 1. The summed E-state index contributed by atoms with van der Waals surface area (Å²) in [6.45, 7) is 7.03. The fourth-order valence-corrected chi connectivity index (χ4v) is 1.63. The van der Waals surface area contributed by atoms with Crippen molar-refractivity contribution in [2.75, 3.05) is 18.9 Å². The van der Waals surface area contributed by atoms with E-state index in [0.29, 0.717) is 11.7 Å². The molecule has 1 N–H and O–H groups in total. The van der Waals surface area contributed by atoms with Gasteiger partial charge in [-0.3, -0.25) is 4.79 Å². The molecule has 1 amide bonds. The van der Waals surface area contributed by atoms with Gasteiger partial charge in [-0.2, -0.15) is 0 Å². The van der Waals surface area contributed by atoms with Crippen LogP contribution in [0.2, 0.25) is 0 Å². The molecule has 0 aliphatic carbocycles. The zero-order valence-corrected chi connectivity index (χ0v) is 11.7. The summed E-state index contributed by atoms with van der Waals surface area (Å²) in [4.78, 5) is 18.0. The van der Waals surface area contributed by atoms with Crippen molar-refractivity contribution in [2.24, 2.45) is 0 Å². The van der Waals surface area contributed by atoms with E-state index >= 15 is 0 Å². The maximum atomic E-state index is 12.0. The molecular weight excluding hydrogens is 226 g/mol. The fourth-order valence-electron chi connectivity index (χ4n) is 1.63. The van der Waals surface area contributed by atoms with E-state index in [9.17, 15) is 4.79 Å². The largest absolute Gasteiger partial charge is 0.382 e. The molecule has 0 saturated carbocycles. The zero-order valence-electron chi connectivity index (χ0n) is 11.7. The minimum absolute atomic E-state index is 0.0143. The van der Waals surface area contributed by atoms with Gasteiger partial charge in [0.1, 0.15) is 5.69 Å². The average Bonchev–Trinajstić information content (AvgIpc) is 2.35. The Balaban J connectivity index is 2.63. The van der Waals surface area contributed by atoms with Crippen LogP contribution in [0.3, 0.4) is 0 Å². The Morgan fingerprint density at radius 3 is 2.67 bits per heavy atom. The van der Waals surface area contributed by atoms with Crippen molar-refractivity contribution in [3.8, 4) is 0 Å². The predicted octanol–water partition coefficient (Wildman–Crippen LogP) is 2.77. The van der Waals surface area contributed by atoms with Gasteiger partial charge in [-0.1, -0.05) is 13.3 Å². The minimum Gasteiger partial charge on any atom is -0.382 e. The summed E-state index contributed by atoms with van der Waals surface area (Å²) < 4.78 is 0. The quantitative estimate of drug-likeness (QED) is 0.843. The molecule has 0 aliphatic rings. The van der Waals surface area contributed by atoms with Gasteiger partial charge in [0.05, 0.1) is 11.9 Å². The monoisotopic (exact) mass is 249 g/mol. The molecule has 0 radical (unpaired) electrons. The van der Waals surface area contributed by atoms with Crippen molar-refractivity contribution in [3.63, 3.8) is 0 Å². The second-order valence-corrected chi connectivity index (χ2v) is 4.81. The first-order valence-corrected chi connectivity index (χ1v) is 6.52. The third-order valence-electron chi connectivity index (χ3n) is 2.63. The first-order chi connectivity index (χ1) is 8.54. The SMILES string of the molecule is CCCCN(C)C(=O)c1ccc(NC(C)C)cn1. The lowest BCUT2D eigenvalue weighted by molar-refractivity contribution is 0.0787. The number of unbranched alkanes of at least 4 members (excludes halogenated alkanes) is 1. The van der Waals surface area contributed by atoms with Gasteiger partial charge < -0.3 is 10.2 Å². The van der Waals surface area contributed by atoms with Gasteiger partial charge in [0.15, 0.2) is 0 Å². The van der Waals surface area contributed by atoms with Crippen LogP contribution in [-0.2, 0) is 0 Å².